The molecule has 4 rings (SSSR count). The highest BCUT2D eigenvalue weighted by Gasteiger charge is 2.34. The van der Waals surface area contributed by atoms with E-state index in [-0.39, 0.29) is 11.8 Å². The number of methoxy groups -OCH3 is 1. The summed E-state index contributed by atoms with van der Waals surface area (Å²) in [6, 6.07) is 13.1. The Morgan fingerprint density at radius 1 is 1.22 bits per heavy atom. The largest absolute Gasteiger partial charge is 0.496 e. The van der Waals surface area contributed by atoms with Crippen LogP contribution in [-0.2, 0) is 4.79 Å². The number of ether oxygens (including phenoxy) is 1. The smallest absolute Gasteiger partial charge is 0.261 e. The lowest BCUT2D eigenvalue weighted by Gasteiger charge is -2.16. The second-order valence-corrected chi connectivity index (χ2v) is 6.98. The van der Waals surface area contributed by atoms with Crippen molar-refractivity contribution in [1.82, 2.24) is 10.1 Å². The number of aryl methyl sites for hydroxylation is 1. The second kappa shape index (κ2) is 7.04. The molecule has 2 aromatic carbocycles. The molecule has 0 N–H and O–H groups in total. The molecule has 0 unspecified atom stereocenters. The van der Waals surface area contributed by atoms with Crippen LogP contribution in [0.5, 0.6) is 5.75 Å². The summed E-state index contributed by atoms with van der Waals surface area (Å²) in [5, 5.41) is 4.64. The van der Waals surface area contributed by atoms with E-state index in [0.717, 1.165) is 11.3 Å². The van der Waals surface area contributed by atoms with Crippen molar-refractivity contribution in [2.45, 2.75) is 19.3 Å². The Labute approximate surface area is 161 Å². The van der Waals surface area contributed by atoms with E-state index in [0.29, 0.717) is 41.0 Å². The molecule has 1 atom stereocenters. The minimum atomic E-state index is -0.124. The molecule has 1 aromatic heterocycles. The Morgan fingerprint density at radius 3 is 2.74 bits per heavy atom. The molecule has 1 saturated heterocycles. The molecule has 0 radical (unpaired) electrons. The van der Waals surface area contributed by atoms with E-state index in [1.807, 2.05) is 31.2 Å². The van der Waals surface area contributed by atoms with Crippen LogP contribution >= 0.6 is 11.6 Å². The van der Waals surface area contributed by atoms with Gasteiger partial charge in [-0.3, -0.25) is 4.79 Å². The van der Waals surface area contributed by atoms with Crippen molar-refractivity contribution in [1.29, 1.82) is 0 Å². The number of benzene rings is 2. The first kappa shape index (κ1) is 17.5. The molecule has 0 saturated carbocycles. The quantitative estimate of drug-likeness (QED) is 0.674. The van der Waals surface area contributed by atoms with Gasteiger partial charge < -0.3 is 14.2 Å². The Bertz CT molecular complexity index is 984. The van der Waals surface area contributed by atoms with Gasteiger partial charge in [-0.15, -0.1) is 0 Å². The van der Waals surface area contributed by atoms with Gasteiger partial charge in [-0.1, -0.05) is 34.5 Å². The number of hydrogen-bond donors (Lipinski definition) is 0. The van der Waals surface area contributed by atoms with Crippen LogP contribution in [0.15, 0.2) is 47.0 Å². The standard InChI is InChI=1S/C20H18ClN3O3/c1-12-3-6-15(7-4-12)24-11-13(9-18(24)25)19-22-20(27-23-19)16-10-14(21)5-8-17(16)26-2/h3-8,10,13H,9,11H2,1-2H3/t13-/m1/s1. The maximum Gasteiger partial charge on any atom is 0.261 e. The lowest BCUT2D eigenvalue weighted by atomic mass is 10.1. The lowest BCUT2D eigenvalue weighted by Crippen LogP contribution is -2.24. The van der Waals surface area contributed by atoms with Crippen LogP contribution < -0.4 is 9.64 Å². The maximum absolute atomic E-state index is 12.5. The zero-order chi connectivity index (χ0) is 19.0. The number of carbonyl (C=O) groups excluding carboxylic acids is 1. The van der Waals surface area contributed by atoms with Crippen molar-refractivity contribution in [3.05, 3.63) is 58.9 Å². The fourth-order valence-corrected chi connectivity index (χ4v) is 3.38. The summed E-state index contributed by atoms with van der Waals surface area (Å²) in [5.41, 5.74) is 2.66. The number of rotatable bonds is 4. The molecule has 6 nitrogen and oxygen atoms in total. The van der Waals surface area contributed by atoms with Gasteiger partial charge in [0.1, 0.15) is 5.75 Å². The number of nitrogens with zero attached hydrogens (tertiary/aromatic N) is 3. The van der Waals surface area contributed by atoms with Crippen molar-refractivity contribution < 1.29 is 14.1 Å². The number of hydrogen-bond acceptors (Lipinski definition) is 5. The maximum atomic E-state index is 12.5. The molecule has 0 bridgehead atoms. The third-order valence-corrected chi connectivity index (χ3v) is 4.90. The van der Waals surface area contributed by atoms with Crippen LogP contribution in [0.2, 0.25) is 5.02 Å². The first-order chi connectivity index (χ1) is 13.0. The fraction of sp³-hybridized carbons (Fsp3) is 0.250. The van der Waals surface area contributed by atoms with Gasteiger partial charge in [0.25, 0.3) is 5.89 Å². The Morgan fingerprint density at radius 2 is 2.00 bits per heavy atom. The zero-order valence-corrected chi connectivity index (χ0v) is 15.7. The average molecular weight is 384 g/mol. The van der Waals surface area contributed by atoms with E-state index in [2.05, 4.69) is 10.1 Å². The number of halogens is 1. The van der Waals surface area contributed by atoms with Crippen molar-refractivity contribution in [2.75, 3.05) is 18.6 Å². The lowest BCUT2D eigenvalue weighted by molar-refractivity contribution is -0.117. The molecule has 138 valence electrons. The third-order valence-electron chi connectivity index (χ3n) is 4.67. The van der Waals surface area contributed by atoms with E-state index >= 15 is 0 Å². The van der Waals surface area contributed by atoms with Crippen molar-refractivity contribution in [3.8, 4) is 17.2 Å². The summed E-state index contributed by atoms with van der Waals surface area (Å²) in [6.07, 6.45) is 0.347. The minimum Gasteiger partial charge on any atom is -0.496 e. The van der Waals surface area contributed by atoms with E-state index < -0.39 is 0 Å². The number of aromatic nitrogens is 2. The van der Waals surface area contributed by atoms with Gasteiger partial charge in [0.05, 0.1) is 12.7 Å². The molecule has 0 spiro atoms. The molecule has 1 fully saturated rings. The van der Waals surface area contributed by atoms with Crippen molar-refractivity contribution in [3.63, 3.8) is 0 Å². The SMILES string of the molecule is COc1ccc(Cl)cc1-c1nc([C@@H]2CC(=O)N(c3ccc(C)cc3)C2)no1. The predicted octanol–water partition coefficient (Wildman–Crippen LogP) is 4.23. The van der Waals surface area contributed by atoms with E-state index in [4.69, 9.17) is 20.9 Å². The molecule has 7 heteroatoms. The van der Waals surface area contributed by atoms with Gasteiger partial charge in [-0.05, 0) is 37.3 Å². The summed E-state index contributed by atoms with van der Waals surface area (Å²) in [7, 11) is 1.57. The molecular weight excluding hydrogens is 366 g/mol. The molecule has 3 aromatic rings. The summed E-state index contributed by atoms with van der Waals surface area (Å²) in [6.45, 7) is 2.54. The Hall–Kier alpha value is -2.86. The second-order valence-electron chi connectivity index (χ2n) is 6.54. The Kier molecular flexibility index (Phi) is 4.58. The highest BCUT2D eigenvalue weighted by molar-refractivity contribution is 6.30. The van der Waals surface area contributed by atoms with Gasteiger partial charge in [0, 0.05) is 29.6 Å². The summed E-state index contributed by atoms with van der Waals surface area (Å²) in [4.78, 5) is 18.7. The third kappa shape index (κ3) is 3.40. The predicted molar refractivity (Wildman–Crippen MR) is 102 cm³/mol. The van der Waals surface area contributed by atoms with Gasteiger partial charge in [-0.2, -0.15) is 4.98 Å². The molecule has 0 aliphatic carbocycles. The normalized spacial score (nSPS) is 16.8. The summed E-state index contributed by atoms with van der Waals surface area (Å²) >= 11 is 6.08. The highest BCUT2D eigenvalue weighted by atomic mass is 35.5. The summed E-state index contributed by atoms with van der Waals surface area (Å²) in [5.74, 6) is 1.36. The summed E-state index contributed by atoms with van der Waals surface area (Å²) < 4.78 is 10.8. The van der Waals surface area contributed by atoms with Crippen LogP contribution in [0, 0.1) is 6.92 Å². The monoisotopic (exact) mass is 383 g/mol. The van der Waals surface area contributed by atoms with Gasteiger partial charge >= 0.3 is 0 Å². The van der Waals surface area contributed by atoms with Gasteiger partial charge in [-0.25, -0.2) is 0 Å². The van der Waals surface area contributed by atoms with E-state index in [1.165, 1.54) is 0 Å². The molecule has 27 heavy (non-hydrogen) atoms. The van der Waals surface area contributed by atoms with Crippen molar-refractivity contribution in [2.24, 2.45) is 0 Å². The van der Waals surface area contributed by atoms with Crippen LogP contribution in [0.1, 0.15) is 23.7 Å². The molecule has 1 aliphatic heterocycles. The van der Waals surface area contributed by atoms with Gasteiger partial charge in [0.15, 0.2) is 5.82 Å². The average Bonchev–Trinajstić information content (AvgIpc) is 3.29. The number of amides is 1. The molecule has 2 heterocycles. The van der Waals surface area contributed by atoms with E-state index in [1.54, 1.807) is 30.2 Å². The molecule has 1 amide bonds. The van der Waals surface area contributed by atoms with Crippen LogP contribution in [0.25, 0.3) is 11.5 Å². The fourth-order valence-electron chi connectivity index (χ4n) is 3.21. The van der Waals surface area contributed by atoms with Crippen molar-refractivity contribution >= 4 is 23.2 Å². The zero-order valence-electron chi connectivity index (χ0n) is 15.0. The minimum absolute atomic E-state index is 0.0514. The Balaban J connectivity index is 1.58. The topological polar surface area (TPSA) is 68.5 Å². The first-order valence-electron chi connectivity index (χ1n) is 8.59. The number of anilines is 1. The van der Waals surface area contributed by atoms with Crippen LogP contribution in [-0.4, -0.2) is 29.7 Å². The highest BCUT2D eigenvalue weighted by Crippen LogP contribution is 2.34. The van der Waals surface area contributed by atoms with Gasteiger partial charge in [0.2, 0.25) is 5.91 Å². The first-order valence-corrected chi connectivity index (χ1v) is 8.97. The molecule has 1 aliphatic rings. The van der Waals surface area contributed by atoms with Crippen LogP contribution in [0.4, 0.5) is 5.69 Å². The van der Waals surface area contributed by atoms with Crippen LogP contribution in [0.3, 0.4) is 0 Å². The number of carbonyl (C=O) groups is 1. The molecular formula is C20H18ClN3O3. The van der Waals surface area contributed by atoms with E-state index in [9.17, 15) is 4.79 Å².